The molecule has 0 aliphatic heterocycles. The smallest absolute Gasteiger partial charge is 0.262 e. The largest absolute Gasteiger partial charge is 0.293 e. The van der Waals surface area contributed by atoms with E-state index < -0.39 is 0 Å². The van der Waals surface area contributed by atoms with Gasteiger partial charge in [-0.15, -0.1) is 22.7 Å². The highest BCUT2D eigenvalue weighted by molar-refractivity contribution is 7.22. The van der Waals surface area contributed by atoms with Crippen molar-refractivity contribution in [1.29, 1.82) is 0 Å². The minimum absolute atomic E-state index is 0.117. The van der Waals surface area contributed by atoms with Crippen molar-refractivity contribution < 1.29 is 0 Å². The Morgan fingerprint density at radius 3 is 2.79 bits per heavy atom. The molecule has 28 heavy (non-hydrogen) atoms. The number of aryl methyl sites for hydroxylation is 1. The molecular weight excluding hydrogens is 392 g/mol. The summed E-state index contributed by atoms with van der Waals surface area (Å²) in [5.41, 5.74) is 2.29. The molecular formula is C20H14N4O2S2. The van der Waals surface area contributed by atoms with E-state index in [-0.39, 0.29) is 17.7 Å². The number of benzene rings is 1. The SMILES string of the molecule is Cc1c(-c2ccccc2)sc2ncn(Cc3cc(=O)n4ccsc4n3)c(=O)c12. The zero-order chi connectivity index (χ0) is 19.3. The first-order valence-corrected chi connectivity index (χ1v) is 10.3. The quantitative estimate of drug-likeness (QED) is 0.459. The van der Waals surface area contributed by atoms with Gasteiger partial charge in [-0.1, -0.05) is 30.3 Å². The van der Waals surface area contributed by atoms with Crippen molar-refractivity contribution in [3.8, 4) is 10.4 Å². The van der Waals surface area contributed by atoms with E-state index in [2.05, 4.69) is 9.97 Å². The molecule has 0 atom stereocenters. The van der Waals surface area contributed by atoms with Gasteiger partial charge in [0.05, 0.1) is 24.0 Å². The Balaban J connectivity index is 1.62. The van der Waals surface area contributed by atoms with Crippen molar-refractivity contribution >= 4 is 37.9 Å². The third kappa shape index (κ3) is 2.69. The lowest BCUT2D eigenvalue weighted by Crippen LogP contribution is -2.23. The van der Waals surface area contributed by atoms with Crippen LogP contribution in [0.5, 0.6) is 0 Å². The second-order valence-electron chi connectivity index (χ2n) is 6.42. The lowest BCUT2D eigenvalue weighted by atomic mass is 10.1. The number of fused-ring (bicyclic) bond motifs is 2. The Morgan fingerprint density at radius 1 is 1.14 bits per heavy atom. The van der Waals surface area contributed by atoms with Crippen LogP contribution in [0.1, 0.15) is 11.3 Å². The highest BCUT2D eigenvalue weighted by Gasteiger charge is 2.16. The van der Waals surface area contributed by atoms with Crippen LogP contribution in [0.2, 0.25) is 0 Å². The molecule has 0 spiro atoms. The molecule has 0 bridgehead atoms. The summed E-state index contributed by atoms with van der Waals surface area (Å²) in [6.07, 6.45) is 3.23. The minimum Gasteiger partial charge on any atom is -0.293 e. The van der Waals surface area contributed by atoms with Crippen molar-refractivity contribution in [2.24, 2.45) is 0 Å². The molecule has 0 N–H and O–H groups in total. The molecule has 0 unspecified atom stereocenters. The predicted molar refractivity (Wildman–Crippen MR) is 112 cm³/mol. The number of thiophene rings is 1. The second-order valence-corrected chi connectivity index (χ2v) is 8.29. The summed E-state index contributed by atoms with van der Waals surface area (Å²) in [5, 5.41) is 2.44. The first-order valence-electron chi connectivity index (χ1n) is 8.61. The van der Waals surface area contributed by atoms with Crippen LogP contribution in [0, 0.1) is 6.92 Å². The fraction of sp³-hybridized carbons (Fsp3) is 0.100. The molecule has 0 fully saturated rings. The normalized spacial score (nSPS) is 11.5. The highest BCUT2D eigenvalue weighted by Crippen LogP contribution is 2.35. The predicted octanol–water partition coefficient (Wildman–Crippen LogP) is 3.55. The van der Waals surface area contributed by atoms with Gasteiger partial charge in [-0.25, -0.2) is 9.97 Å². The summed E-state index contributed by atoms with van der Waals surface area (Å²) in [6, 6.07) is 11.5. The maximum Gasteiger partial charge on any atom is 0.262 e. The molecule has 4 heterocycles. The lowest BCUT2D eigenvalue weighted by Gasteiger charge is -2.05. The zero-order valence-electron chi connectivity index (χ0n) is 14.8. The molecule has 0 saturated carbocycles. The number of rotatable bonds is 3. The summed E-state index contributed by atoms with van der Waals surface area (Å²) >= 11 is 2.91. The number of nitrogens with zero attached hydrogens (tertiary/aromatic N) is 4. The van der Waals surface area contributed by atoms with E-state index in [1.165, 1.54) is 44.0 Å². The third-order valence-corrected chi connectivity index (χ3v) is 6.65. The van der Waals surface area contributed by atoms with Crippen molar-refractivity contribution in [2.75, 3.05) is 0 Å². The van der Waals surface area contributed by atoms with Crippen LogP contribution in [-0.4, -0.2) is 18.9 Å². The standard InChI is InChI=1S/C20H14N4O2S2/c1-12-16-18(28-17(12)13-5-3-2-4-6-13)21-11-23(19(16)26)10-14-9-15(25)24-7-8-27-20(24)22-14/h2-9,11H,10H2,1H3. The van der Waals surface area contributed by atoms with E-state index in [1.807, 2.05) is 42.6 Å². The van der Waals surface area contributed by atoms with E-state index in [9.17, 15) is 9.59 Å². The summed E-state index contributed by atoms with van der Waals surface area (Å²) < 4.78 is 3.01. The molecule has 0 amide bonds. The Morgan fingerprint density at radius 2 is 1.96 bits per heavy atom. The van der Waals surface area contributed by atoms with Gasteiger partial charge < -0.3 is 0 Å². The molecule has 0 saturated heterocycles. The minimum atomic E-state index is -0.151. The second kappa shape index (κ2) is 6.50. The Hall–Kier alpha value is -3.10. The van der Waals surface area contributed by atoms with Crippen LogP contribution in [-0.2, 0) is 6.54 Å². The van der Waals surface area contributed by atoms with Crippen molar-refractivity contribution in [1.82, 2.24) is 18.9 Å². The molecule has 8 heteroatoms. The van der Waals surface area contributed by atoms with Crippen molar-refractivity contribution in [3.05, 3.63) is 86.3 Å². The van der Waals surface area contributed by atoms with E-state index in [4.69, 9.17) is 0 Å². The monoisotopic (exact) mass is 406 g/mol. The summed E-state index contributed by atoms with van der Waals surface area (Å²) in [6.45, 7) is 2.16. The van der Waals surface area contributed by atoms with Crippen LogP contribution in [0.15, 0.2) is 63.9 Å². The topological polar surface area (TPSA) is 69.3 Å². The van der Waals surface area contributed by atoms with E-state index in [0.29, 0.717) is 16.0 Å². The molecule has 0 aliphatic carbocycles. The number of thiazole rings is 1. The van der Waals surface area contributed by atoms with E-state index in [1.54, 1.807) is 6.20 Å². The molecule has 0 aliphatic rings. The third-order valence-electron chi connectivity index (χ3n) is 4.64. The molecule has 4 aromatic heterocycles. The Bertz CT molecular complexity index is 1440. The highest BCUT2D eigenvalue weighted by atomic mass is 32.1. The average molecular weight is 406 g/mol. The molecule has 5 rings (SSSR count). The molecule has 5 aromatic rings. The molecule has 0 radical (unpaired) electrons. The van der Waals surface area contributed by atoms with Gasteiger partial charge in [0, 0.05) is 22.5 Å². The molecule has 138 valence electrons. The first-order chi connectivity index (χ1) is 13.6. The van der Waals surface area contributed by atoms with Crippen LogP contribution >= 0.6 is 22.7 Å². The molecule has 6 nitrogen and oxygen atoms in total. The molecule has 1 aromatic carbocycles. The van der Waals surface area contributed by atoms with Gasteiger partial charge in [0.2, 0.25) is 0 Å². The Kier molecular flexibility index (Phi) is 3.96. The number of hydrogen-bond donors (Lipinski definition) is 0. The fourth-order valence-electron chi connectivity index (χ4n) is 3.28. The first kappa shape index (κ1) is 17.0. The van der Waals surface area contributed by atoms with Gasteiger partial charge in [0.15, 0.2) is 4.96 Å². The number of hydrogen-bond acceptors (Lipinski definition) is 6. The zero-order valence-corrected chi connectivity index (χ0v) is 16.5. The van der Waals surface area contributed by atoms with Gasteiger partial charge in [-0.3, -0.25) is 18.6 Å². The maximum absolute atomic E-state index is 13.1. The maximum atomic E-state index is 13.1. The Labute approximate surface area is 167 Å². The number of aromatic nitrogens is 4. The summed E-state index contributed by atoms with van der Waals surface area (Å²) in [5.74, 6) is 0. The van der Waals surface area contributed by atoms with Crippen LogP contribution in [0.25, 0.3) is 25.6 Å². The van der Waals surface area contributed by atoms with Gasteiger partial charge in [-0.05, 0) is 18.1 Å². The van der Waals surface area contributed by atoms with Crippen molar-refractivity contribution in [2.45, 2.75) is 13.5 Å². The van der Waals surface area contributed by atoms with E-state index in [0.717, 1.165) is 20.8 Å². The van der Waals surface area contributed by atoms with Crippen LogP contribution in [0.3, 0.4) is 0 Å². The van der Waals surface area contributed by atoms with Crippen LogP contribution in [0.4, 0.5) is 0 Å². The van der Waals surface area contributed by atoms with Gasteiger partial charge >= 0.3 is 0 Å². The van der Waals surface area contributed by atoms with E-state index >= 15 is 0 Å². The van der Waals surface area contributed by atoms with Gasteiger partial charge in [0.1, 0.15) is 4.83 Å². The van der Waals surface area contributed by atoms with Crippen molar-refractivity contribution in [3.63, 3.8) is 0 Å². The fourth-order valence-corrected chi connectivity index (χ4v) is 5.16. The average Bonchev–Trinajstić information content (AvgIpc) is 3.30. The van der Waals surface area contributed by atoms with Gasteiger partial charge in [0.25, 0.3) is 11.1 Å². The van der Waals surface area contributed by atoms with Crippen LogP contribution < -0.4 is 11.1 Å². The lowest BCUT2D eigenvalue weighted by molar-refractivity contribution is 0.728. The summed E-state index contributed by atoms with van der Waals surface area (Å²) in [7, 11) is 0. The summed E-state index contributed by atoms with van der Waals surface area (Å²) in [4.78, 5) is 36.7. The van der Waals surface area contributed by atoms with Gasteiger partial charge in [-0.2, -0.15) is 0 Å².